The molecule has 2 aromatic heterocycles. The number of hydrogen-bond donors (Lipinski definition) is 2. The van der Waals surface area contributed by atoms with E-state index in [0.29, 0.717) is 12.8 Å². The monoisotopic (exact) mass is 472 g/mol. The highest BCUT2D eigenvalue weighted by atomic mass is 32.2. The molecule has 172 valence electrons. The second kappa shape index (κ2) is 8.62. The zero-order valence-electron chi connectivity index (χ0n) is 17.2. The first-order valence-corrected chi connectivity index (χ1v) is 11.6. The van der Waals surface area contributed by atoms with Crippen LogP contribution in [-0.4, -0.2) is 42.5 Å². The van der Waals surface area contributed by atoms with Gasteiger partial charge >= 0.3 is 0 Å². The lowest BCUT2D eigenvalue weighted by Crippen LogP contribution is -2.39. The Morgan fingerprint density at radius 1 is 1.24 bits per heavy atom. The summed E-state index contributed by atoms with van der Waals surface area (Å²) in [6.07, 6.45) is 2.46. The summed E-state index contributed by atoms with van der Waals surface area (Å²) in [5.41, 5.74) is 4.75. The number of carbonyl (C=O) groups excluding carboxylic acids is 2. The number of hydrogen-bond acceptors (Lipinski definition) is 7. The van der Waals surface area contributed by atoms with Gasteiger partial charge in [0.2, 0.25) is 15.9 Å². The van der Waals surface area contributed by atoms with Crippen LogP contribution in [0.1, 0.15) is 39.3 Å². The molecule has 0 radical (unpaired) electrons. The highest BCUT2D eigenvalue weighted by molar-refractivity contribution is 7.92. The summed E-state index contributed by atoms with van der Waals surface area (Å²) in [6.45, 7) is -0.0771. The summed E-state index contributed by atoms with van der Waals surface area (Å²) in [5.74, 6) is -3.33. The molecule has 1 saturated heterocycles. The Labute approximate surface area is 188 Å². The van der Waals surface area contributed by atoms with Gasteiger partial charge in [-0.3, -0.25) is 18.9 Å². The van der Waals surface area contributed by atoms with Gasteiger partial charge in [-0.25, -0.2) is 17.8 Å². The number of nitrogens with zero attached hydrogens (tertiary/aromatic N) is 3. The lowest BCUT2D eigenvalue weighted by atomic mass is 10.1. The van der Waals surface area contributed by atoms with Crippen molar-refractivity contribution in [1.82, 2.24) is 15.3 Å². The molecule has 33 heavy (non-hydrogen) atoms. The highest BCUT2D eigenvalue weighted by Gasteiger charge is 2.30. The Bertz CT molecular complexity index is 1380. The number of benzene rings is 1. The molecule has 3 heterocycles. The number of pyridine rings is 2. The number of primary amides is 1. The molecular formula is C21H19FN5O5S-. The number of anilines is 1. The summed E-state index contributed by atoms with van der Waals surface area (Å²) in [4.78, 5) is 32.6. The summed E-state index contributed by atoms with van der Waals surface area (Å²) in [6, 6.07) is 6.40. The fourth-order valence-electron chi connectivity index (χ4n) is 3.66. The van der Waals surface area contributed by atoms with Gasteiger partial charge in [0.15, 0.2) is 5.82 Å². The summed E-state index contributed by atoms with van der Waals surface area (Å²) in [7, 11) is -3.68. The third kappa shape index (κ3) is 4.29. The molecular weight excluding hydrogens is 453 g/mol. The number of amides is 2. The Balaban J connectivity index is 1.73. The van der Waals surface area contributed by atoms with E-state index in [4.69, 9.17) is 5.73 Å². The SMILES string of the molecule is NC(=O)c1cc(F)ccc1CNC(=O)c1nc(N2CCCCS2(=O)=O)c2cccnc2c1[O-]. The minimum atomic E-state index is -3.68. The summed E-state index contributed by atoms with van der Waals surface area (Å²) < 4.78 is 39.8. The van der Waals surface area contributed by atoms with Crippen LogP contribution in [0.4, 0.5) is 10.2 Å². The van der Waals surface area contributed by atoms with Crippen LogP contribution in [0.2, 0.25) is 0 Å². The highest BCUT2D eigenvalue weighted by Crippen LogP contribution is 2.33. The minimum Gasteiger partial charge on any atom is -0.869 e. The van der Waals surface area contributed by atoms with Crippen molar-refractivity contribution in [2.75, 3.05) is 16.6 Å². The van der Waals surface area contributed by atoms with Gasteiger partial charge in [0, 0.05) is 30.2 Å². The van der Waals surface area contributed by atoms with E-state index in [1.807, 2.05) is 0 Å². The molecule has 0 unspecified atom stereocenters. The topological polar surface area (TPSA) is 158 Å². The number of fused-ring (bicyclic) bond motifs is 1. The van der Waals surface area contributed by atoms with Gasteiger partial charge in [0.25, 0.3) is 5.91 Å². The number of sulfonamides is 1. The molecule has 10 nitrogen and oxygen atoms in total. The van der Waals surface area contributed by atoms with Crippen LogP contribution >= 0.6 is 0 Å². The van der Waals surface area contributed by atoms with E-state index in [1.165, 1.54) is 18.3 Å². The number of nitrogens with two attached hydrogens (primary N) is 1. The first kappa shape index (κ1) is 22.4. The van der Waals surface area contributed by atoms with Crippen molar-refractivity contribution in [1.29, 1.82) is 0 Å². The van der Waals surface area contributed by atoms with Crippen molar-refractivity contribution < 1.29 is 27.5 Å². The molecule has 0 aliphatic carbocycles. The van der Waals surface area contributed by atoms with Gasteiger partial charge in [0.05, 0.1) is 11.3 Å². The number of halogens is 1. The van der Waals surface area contributed by atoms with Gasteiger partial charge in [0.1, 0.15) is 11.5 Å². The van der Waals surface area contributed by atoms with Gasteiger partial charge < -0.3 is 16.2 Å². The summed E-state index contributed by atoms with van der Waals surface area (Å²) >= 11 is 0. The zero-order valence-corrected chi connectivity index (χ0v) is 18.1. The van der Waals surface area contributed by atoms with E-state index in [1.54, 1.807) is 6.07 Å². The molecule has 0 bridgehead atoms. The molecule has 4 rings (SSSR count). The lowest BCUT2D eigenvalue weighted by molar-refractivity contribution is -0.266. The van der Waals surface area contributed by atoms with E-state index in [9.17, 15) is 27.5 Å². The van der Waals surface area contributed by atoms with Gasteiger partial charge in [-0.1, -0.05) is 6.07 Å². The smallest absolute Gasteiger partial charge is 0.269 e. The van der Waals surface area contributed by atoms with Crippen LogP contribution in [-0.2, 0) is 16.6 Å². The fourth-order valence-corrected chi connectivity index (χ4v) is 5.26. The van der Waals surface area contributed by atoms with Crippen LogP contribution in [0, 0.1) is 5.82 Å². The Hall–Kier alpha value is -3.80. The average molecular weight is 472 g/mol. The Morgan fingerprint density at radius 3 is 2.76 bits per heavy atom. The summed E-state index contributed by atoms with van der Waals surface area (Å²) in [5, 5.41) is 15.6. The molecule has 2 amide bonds. The van der Waals surface area contributed by atoms with E-state index in [2.05, 4.69) is 15.3 Å². The molecule has 3 aromatic rings. The first-order valence-electron chi connectivity index (χ1n) is 10.0. The maximum absolute atomic E-state index is 13.4. The third-order valence-corrected chi connectivity index (χ3v) is 7.11. The maximum Gasteiger partial charge on any atom is 0.269 e. The molecule has 1 aliphatic heterocycles. The van der Waals surface area contributed by atoms with Gasteiger partial charge in [-0.2, -0.15) is 0 Å². The standard InChI is InChI=1S/C21H20FN5O5S/c22-13-6-5-12(15(10-13)19(23)29)11-25-21(30)17-18(28)16-14(4-3-7-24-16)20(26-17)27-8-1-2-9-33(27,31)32/h3-7,10,28H,1-2,8-9,11H2,(H2,23,29)(H,25,30)/p-1. The zero-order chi connectivity index (χ0) is 23.8. The number of carbonyl (C=O) groups is 2. The van der Waals surface area contributed by atoms with Crippen LogP contribution in [0.3, 0.4) is 0 Å². The minimum absolute atomic E-state index is 0.0397. The average Bonchev–Trinajstić information content (AvgIpc) is 2.78. The van der Waals surface area contributed by atoms with E-state index < -0.39 is 39.1 Å². The second-order valence-corrected chi connectivity index (χ2v) is 9.47. The predicted molar refractivity (Wildman–Crippen MR) is 115 cm³/mol. The van der Waals surface area contributed by atoms with Crippen LogP contribution < -0.4 is 20.5 Å². The van der Waals surface area contributed by atoms with E-state index in [-0.39, 0.29) is 46.7 Å². The van der Waals surface area contributed by atoms with Crippen molar-refractivity contribution in [3.05, 3.63) is 59.2 Å². The number of rotatable bonds is 5. The van der Waals surface area contributed by atoms with E-state index in [0.717, 1.165) is 16.4 Å². The second-order valence-electron chi connectivity index (χ2n) is 7.46. The molecule has 1 fully saturated rings. The van der Waals surface area contributed by atoms with Crippen molar-refractivity contribution >= 4 is 38.6 Å². The molecule has 0 spiro atoms. The number of aromatic nitrogens is 2. The number of nitrogens with one attached hydrogen (secondary N) is 1. The fraction of sp³-hybridized carbons (Fsp3) is 0.238. The van der Waals surface area contributed by atoms with Crippen LogP contribution in [0.5, 0.6) is 5.75 Å². The van der Waals surface area contributed by atoms with Crippen molar-refractivity contribution in [3.8, 4) is 5.75 Å². The van der Waals surface area contributed by atoms with Gasteiger partial charge in [-0.05, 0) is 48.4 Å². The normalized spacial score (nSPS) is 15.4. The third-order valence-electron chi connectivity index (χ3n) is 5.27. The van der Waals surface area contributed by atoms with Gasteiger partial charge in [-0.15, -0.1) is 0 Å². The predicted octanol–water partition coefficient (Wildman–Crippen LogP) is 0.801. The maximum atomic E-state index is 13.4. The molecule has 1 aliphatic rings. The van der Waals surface area contributed by atoms with Crippen molar-refractivity contribution in [2.24, 2.45) is 5.73 Å². The Morgan fingerprint density at radius 2 is 2.03 bits per heavy atom. The molecule has 0 saturated carbocycles. The first-order chi connectivity index (χ1) is 15.7. The van der Waals surface area contributed by atoms with Crippen LogP contribution in [0.25, 0.3) is 10.9 Å². The molecule has 0 atom stereocenters. The van der Waals surface area contributed by atoms with Crippen molar-refractivity contribution in [2.45, 2.75) is 19.4 Å². The quantitative estimate of drug-likeness (QED) is 0.556. The van der Waals surface area contributed by atoms with Crippen molar-refractivity contribution in [3.63, 3.8) is 0 Å². The van der Waals surface area contributed by atoms with E-state index >= 15 is 0 Å². The lowest BCUT2D eigenvalue weighted by Gasteiger charge is -2.29. The molecule has 12 heteroatoms. The molecule has 3 N–H and O–H groups in total. The largest absolute Gasteiger partial charge is 0.869 e. The Kier molecular flexibility index (Phi) is 5.85. The molecule has 1 aromatic carbocycles. The van der Waals surface area contributed by atoms with Crippen LogP contribution in [0.15, 0.2) is 36.5 Å².